The minimum absolute atomic E-state index is 0.353. The van der Waals surface area contributed by atoms with Gasteiger partial charge >= 0.3 is 13.2 Å². The number of benzene rings is 1. The average Bonchev–Trinajstić information content (AvgIpc) is 2.74. The second-order valence-electron chi connectivity index (χ2n) is 8.92. The molecule has 0 spiro atoms. The third-order valence-corrected chi connectivity index (χ3v) is 4.76. The molecule has 1 heterocycles. The van der Waals surface area contributed by atoms with Crippen molar-refractivity contribution in [2.24, 2.45) is 0 Å². The monoisotopic (exact) mass is 376 g/mol. The molecule has 6 nitrogen and oxygen atoms in total. The predicted molar refractivity (Wildman–Crippen MR) is 110 cm³/mol. The van der Waals surface area contributed by atoms with Crippen molar-refractivity contribution in [3.8, 4) is 0 Å². The molecule has 0 unspecified atom stereocenters. The molecule has 1 aromatic carbocycles. The van der Waals surface area contributed by atoms with E-state index in [2.05, 4.69) is 10.6 Å². The van der Waals surface area contributed by atoms with Crippen LogP contribution in [0.25, 0.3) is 0 Å². The third kappa shape index (κ3) is 6.14. The van der Waals surface area contributed by atoms with Gasteiger partial charge in [-0.3, -0.25) is 0 Å². The maximum atomic E-state index is 11.6. The summed E-state index contributed by atoms with van der Waals surface area (Å²) < 4.78 is 17.4. The summed E-state index contributed by atoms with van der Waals surface area (Å²) in [6.07, 6.45) is 0.408. The maximum Gasteiger partial charge on any atom is 0.494 e. The lowest BCUT2D eigenvalue weighted by Crippen LogP contribution is -2.41. The molecule has 1 saturated heterocycles. The summed E-state index contributed by atoms with van der Waals surface area (Å²) in [4.78, 5) is 11.6. The van der Waals surface area contributed by atoms with Crippen molar-refractivity contribution in [1.82, 2.24) is 5.32 Å². The Kier molecular flexibility index (Phi) is 6.48. The van der Waals surface area contributed by atoms with E-state index in [1.807, 2.05) is 72.7 Å². The molecule has 0 aliphatic carbocycles. The molecule has 1 aliphatic heterocycles. The van der Waals surface area contributed by atoms with Crippen LogP contribution in [0.1, 0.15) is 54.9 Å². The predicted octanol–water partition coefficient (Wildman–Crippen LogP) is 3.31. The third-order valence-electron chi connectivity index (χ3n) is 4.76. The van der Waals surface area contributed by atoms with Gasteiger partial charge in [0.25, 0.3) is 0 Å². The zero-order valence-electron chi connectivity index (χ0n) is 17.6. The van der Waals surface area contributed by atoms with Gasteiger partial charge in [-0.2, -0.15) is 0 Å². The second kappa shape index (κ2) is 8.11. The largest absolute Gasteiger partial charge is 0.494 e. The molecule has 27 heavy (non-hydrogen) atoms. The molecule has 1 aliphatic rings. The van der Waals surface area contributed by atoms with Crippen molar-refractivity contribution >= 4 is 24.4 Å². The van der Waals surface area contributed by atoms with Crippen molar-refractivity contribution in [2.45, 2.75) is 71.7 Å². The Morgan fingerprint density at radius 1 is 1.11 bits per heavy atom. The molecule has 0 aromatic heterocycles. The van der Waals surface area contributed by atoms with Crippen LogP contribution in [0.2, 0.25) is 0 Å². The Morgan fingerprint density at radius 2 is 1.74 bits per heavy atom. The lowest BCUT2D eigenvalue weighted by atomic mass is 9.79. The quantitative estimate of drug-likeness (QED) is 0.589. The van der Waals surface area contributed by atoms with E-state index in [1.54, 1.807) is 0 Å². The molecule has 0 saturated carbocycles. The van der Waals surface area contributed by atoms with Crippen LogP contribution in [-0.4, -0.2) is 43.1 Å². The highest BCUT2D eigenvalue weighted by molar-refractivity contribution is 6.62. The molecule has 0 bridgehead atoms. The highest BCUT2D eigenvalue weighted by atomic mass is 16.7. The molecule has 1 aromatic rings. The van der Waals surface area contributed by atoms with Crippen molar-refractivity contribution in [3.05, 3.63) is 24.3 Å². The van der Waals surface area contributed by atoms with Crippen LogP contribution in [0.15, 0.2) is 24.3 Å². The number of hydrogen-bond acceptors (Lipinski definition) is 5. The number of carbonyl (C=O) groups is 1. The lowest BCUT2D eigenvalue weighted by Gasteiger charge is -2.32. The van der Waals surface area contributed by atoms with E-state index >= 15 is 0 Å². The highest BCUT2D eigenvalue weighted by Crippen LogP contribution is 2.36. The number of anilines is 1. The molecular weight excluding hydrogens is 343 g/mol. The Balaban J connectivity index is 1.79. The van der Waals surface area contributed by atoms with Crippen molar-refractivity contribution < 1.29 is 18.8 Å². The lowest BCUT2D eigenvalue weighted by molar-refractivity contribution is 0.00578. The second-order valence-corrected chi connectivity index (χ2v) is 8.92. The van der Waals surface area contributed by atoms with Gasteiger partial charge in [0.15, 0.2) is 0 Å². The van der Waals surface area contributed by atoms with Gasteiger partial charge in [0.2, 0.25) is 0 Å². The first-order valence-corrected chi connectivity index (χ1v) is 9.56. The molecule has 1 amide bonds. The van der Waals surface area contributed by atoms with Crippen molar-refractivity contribution in [2.75, 3.05) is 18.4 Å². The Morgan fingerprint density at radius 3 is 2.33 bits per heavy atom. The molecule has 7 heteroatoms. The first-order valence-electron chi connectivity index (χ1n) is 9.56. The van der Waals surface area contributed by atoms with E-state index in [0.717, 1.165) is 24.1 Å². The van der Waals surface area contributed by atoms with Crippen molar-refractivity contribution in [3.63, 3.8) is 0 Å². The smallest absolute Gasteiger partial charge is 0.444 e. The summed E-state index contributed by atoms with van der Waals surface area (Å²) in [5.74, 6) is 0. The summed E-state index contributed by atoms with van der Waals surface area (Å²) in [7, 11) is -0.370. The molecule has 0 radical (unpaired) electrons. The van der Waals surface area contributed by atoms with Crippen LogP contribution < -0.4 is 16.1 Å². The molecule has 150 valence electrons. The molecular formula is C20H33BN2O4. The van der Waals surface area contributed by atoms with Crippen LogP contribution in [0.5, 0.6) is 0 Å². The van der Waals surface area contributed by atoms with E-state index in [0.29, 0.717) is 6.54 Å². The normalized spacial score (nSPS) is 18.3. The van der Waals surface area contributed by atoms with Gasteiger partial charge in [-0.05, 0) is 72.5 Å². The summed E-state index contributed by atoms with van der Waals surface area (Å²) >= 11 is 0. The van der Waals surface area contributed by atoms with Gasteiger partial charge in [-0.15, -0.1) is 0 Å². The Bertz CT molecular complexity index is 640. The van der Waals surface area contributed by atoms with Gasteiger partial charge in [0, 0.05) is 18.8 Å². The van der Waals surface area contributed by atoms with E-state index in [-0.39, 0.29) is 24.4 Å². The maximum absolute atomic E-state index is 11.6. The Labute approximate surface area is 163 Å². The summed E-state index contributed by atoms with van der Waals surface area (Å²) in [5.41, 5.74) is 0.809. The summed E-state index contributed by atoms with van der Waals surface area (Å²) in [6, 6.07) is 8.05. The first-order chi connectivity index (χ1) is 12.4. The summed E-state index contributed by atoms with van der Waals surface area (Å²) in [5, 5.41) is 6.13. The van der Waals surface area contributed by atoms with Gasteiger partial charge in [0.05, 0.1) is 11.2 Å². The zero-order chi connectivity index (χ0) is 20.3. The van der Waals surface area contributed by atoms with Crippen LogP contribution in [0, 0.1) is 0 Å². The Hall–Kier alpha value is -1.73. The van der Waals surface area contributed by atoms with Gasteiger partial charge < -0.3 is 24.7 Å². The number of alkyl carbamates (subject to hydrolysis) is 1. The van der Waals surface area contributed by atoms with E-state index in [1.165, 1.54) is 0 Å². The fourth-order valence-electron chi connectivity index (χ4n) is 2.60. The van der Waals surface area contributed by atoms with Crippen LogP contribution in [0.3, 0.4) is 0 Å². The zero-order valence-corrected chi connectivity index (χ0v) is 17.6. The SMILES string of the molecule is CC(C)(C)OC(=O)NCCCNc1cccc(B2OC(C)(C)C(C)(C)O2)c1. The standard InChI is InChI=1S/C20H33BN2O4/c1-18(2,3)25-17(24)23-13-9-12-22-16-11-8-10-15(14-16)21-26-19(4,5)20(6,7)27-21/h8,10-11,14,22H,9,12-13H2,1-7H3,(H,23,24). The van der Waals surface area contributed by atoms with Crippen LogP contribution in [0.4, 0.5) is 10.5 Å². The van der Waals surface area contributed by atoms with Crippen LogP contribution in [-0.2, 0) is 14.0 Å². The van der Waals surface area contributed by atoms with Crippen molar-refractivity contribution in [1.29, 1.82) is 0 Å². The highest BCUT2D eigenvalue weighted by Gasteiger charge is 2.51. The number of hydrogen-bond donors (Lipinski definition) is 2. The fraction of sp³-hybridized carbons (Fsp3) is 0.650. The number of nitrogens with one attached hydrogen (secondary N) is 2. The fourth-order valence-corrected chi connectivity index (χ4v) is 2.60. The number of ether oxygens (including phenoxy) is 1. The molecule has 0 atom stereocenters. The number of amides is 1. The molecule has 2 rings (SSSR count). The van der Waals surface area contributed by atoms with E-state index in [4.69, 9.17) is 14.0 Å². The minimum Gasteiger partial charge on any atom is -0.444 e. The topological polar surface area (TPSA) is 68.8 Å². The number of carbonyl (C=O) groups excluding carboxylic acids is 1. The minimum atomic E-state index is -0.476. The van der Waals surface area contributed by atoms with Crippen LogP contribution >= 0.6 is 0 Å². The van der Waals surface area contributed by atoms with Gasteiger partial charge in [-0.1, -0.05) is 12.1 Å². The first kappa shape index (κ1) is 21.6. The number of rotatable bonds is 6. The van der Waals surface area contributed by atoms with Gasteiger partial charge in [-0.25, -0.2) is 4.79 Å². The van der Waals surface area contributed by atoms with E-state index in [9.17, 15) is 4.79 Å². The van der Waals surface area contributed by atoms with Gasteiger partial charge in [0.1, 0.15) is 5.60 Å². The molecule has 1 fully saturated rings. The van der Waals surface area contributed by atoms with E-state index < -0.39 is 5.60 Å². The average molecular weight is 376 g/mol. The molecule has 2 N–H and O–H groups in total. The summed E-state index contributed by atoms with van der Waals surface area (Å²) in [6.45, 7) is 15.0.